The van der Waals surface area contributed by atoms with Crippen LogP contribution in [0.4, 0.5) is 4.39 Å². The number of oxazole rings is 1. The highest BCUT2D eigenvalue weighted by molar-refractivity contribution is 9.13. The Morgan fingerprint density at radius 2 is 1.80 bits per heavy atom. The Morgan fingerprint density at radius 3 is 2.40 bits per heavy atom. The van der Waals surface area contributed by atoms with Gasteiger partial charge in [0, 0.05) is 20.8 Å². The van der Waals surface area contributed by atoms with E-state index >= 15 is 0 Å². The summed E-state index contributed by atoms with van der Waals surface area (Å²) in [4.78, 5) is 11.7. The summed E-state index contributed by atoms with van der Waals surface area (Å²) in [6, 6.07) is 8.79. The van der Waals surface area contributed by atoms with Crippen LogP contribution >= 0.6 is 31.9 Å². The first-order valence-corrected chi connectivity index (χ1v) is 10.3. The highest BCUT2D eigenvalue weighted by Crippen LogP contribution is 2.29. The minimum absolute atomic E-state index is 0.304. The average Bonchev–Trinajstić information content (AvgIpc) is 2.90. The Morgan fingerprint density at radius 1 is 1.08 bits per heavy atom. The molecule has 0 atom stereocenters. The lowest BCUT2D eigenvalue weighted by Gasteiger charge is -2.09. The van der Waals surface area contributed by atoms with E-state index in [-0.39, 0.29) is 0 Å². The third-order valence-electron chi connectivity index (χ3n) is 3.48. The van der Waals surface area contributed by atoms with Crippen LogP contribution in [-0.2, 0) is 9.84 Å². The molecule has 0 saturated carbocycles. The average molecular weight is 491 g/mol. The third kappa shape index (κ3) is 3.49. The number of sulfone groups is 1. The number of hydrogen-bond acceptors (Lipinski definition) is 4. The fourth-order valence-corrected chi connectivity index (χ4v) is 3.68. The summed E-state index contributed by atoms with van der Waals surface area (Å²) < 4.78 is 45.0. The van der Waals surface area contributed by atoms with Crippen LogP contribution in [0.25, 0.3) is 16.9 Å². The molecule has 5 nitrogen and oxygen atoms in total. The SMILES string of the molecule is CS(=O)(=O)c1ccc(-c2coc(=O)n2-c2ccc(Br)c(Br)c2)cc1F. The summed E-state index contributed by atoms with van der Waals surface area (Å²) in [5.74, 6) is -1.53. The van der Waals surface area contributed by atoms with Gasteiger partial charge in [-0.2, -0.15) is 0 Å². The van der Waals surface area contributed by atoms with Crippen LogP contribution in [0.15, 0.2) is 65.7 Å². The smallest absolute Gasteiger partial charge is 0.415 e. The first-order chi connectivity index (χ1) is 11.7. The topological polar surface area (TPSA) is 69.3 Å². The van der Waals surface area contributed by atoms with Crippen LogP contribution in [0, 0.1) is 5.82 Å². The predicted molar refractivity (Wildman–Crippen MR) is 98.2 cm³/mol. The second kappa shape index (κ2) is 6.54. The van der Waals surface area contributed by atoms with Gasteiger partial charge in [0.25, 0.3) is 0 Å². The van der Waals surface area contributed by atoms with E-state index in [1.807, 2.05) is 0 Å². The Kier molecular flexibility index (Phi) is 4.74. The molecule has 3 rings (SSSR count). The van der Waals surface area contributed by atoms with Gasteiger partial charge in [-0.3, -0.25) is 0 Å². The molecule has 0 bridgehead atoms. The number of benzene rings is 2. The van der Waals surface area contributed by atoms with E-state index in [2.05, 4.69) is 31.9 Å². The zero-order valence-corrected chi connectivity index (χ0v) is 16.7. The molecule has 0 amide bonds. The fourth-order valence-electron chi connectivity index (χ4n) is 2.34. The zero-order valence-electron chi connectivity index (χ0n) is 12.7. The third-order valence-corrected chi connectivity index (χ3v) is 6.49. The summed E-state index contributed by atoms with van der Waals surface area (Å²) >= 11 is 6.71. The number of hydrogen-bond donors (Lipinski definition) is 0. The number of nitrogens with zero attached hydrogens (tertiary/aromatic N) is 1. The molecule has 0 saturated heterocycles. The summed E-state index contributed by atoms with van der Waals surface area (Å²) in [5.41, 5.74) is 1.13. The Bertz CT molecular complexity index is 1140. The second-order valence-electron chi connectivity index (χ2n) is 5.24. The van der Waals surface area contributed by atoms with Crippen LogP contribution in [0.2, 0.25) is 0 Å². The van der Waals surface area contributed by atoms with Crippen molar-refractivity contribution in [2.45, 2.75) is 4.90 Å². The number of halogens is 3. The van der Waals surface area contributed by atoms with Crippen molar-refractivity contribution in [1.82, 2.24) is 4.57 Å². The van der Waals surface area contributed by atoms with E-state index in [0.717, 1.165) is 21.3 Å². The molecule has 3 aromatic rings. The molecule has 0 N–H and O–H groups in total. The zero-order chi connectivity index (χ0) is 18.4. The lowest BCUT2D eigenvalue weighted by molar-refractivity contribution is 0.504. The van der Waals surface area contributed by atoms with E-state index in [1.54, 1.807) is 18.2 Å². The van der Waals surface area contributed by atoms with E-state index in [0.29, 0.717) is 16.9 Å². The van der Waals surface area contributed by atoms with Gasteiger partial charge in [0.1, 0.15) is 17.0 Å². The summed E-state index contributed by atoms with van der Waals surface area (Å²) in [5, 5.41) is 0. The molecule has 0 fully saturated rings. The lowest BCUT2D eigenvalue weighted by Crippen LogP contribution is -2.13. The van der Waals surface area contributed by atoms with Crippen molar-refractivity contribution in [1.29, 1.82) is 0 Å². The number of aromatic nitrogens is 1. The van der Waals surface area contributed by atoms with Gasteiger partial charge < -0.3 is 4.42 Å². The highest BCUT2D eigenvalue weighted by Gasteiger charge is 2.18. The van der Waals surface area contributed by atoms with E-state index in [1.165, 1.54) is 23.0 Å². The molecular weight excluding hydrogens is 481 g/mol. The molecule has 9 heteroatoms. The minimum atomic E-state index is -3.68. The Labute approximate surface area is 159 Å². The van der Waals surface area contributed by atoms with Crippen molar-refractivity contribution in [3.05, 3.63) is 68.0 Å². The fraction of sp³-hybridized carbons (Fsp3) is 0.0625. The van der Waals surface area contributed by atoms with Crippen LogP contribution in [-0.4, -0.2) is 19.2 Å². The molecule has 0 aliphatic heterocycles. The summed E-state index contributed by atoms with van der Waals surface area (Å²) in [7, 11) is -3.68. The maximum absolute atomic E-state index is 14.2. The second-order valence-corrected chi connectivity index (χ2v) is 8.93. The van der Waals surface area contributed by atoms with Crippen molar-refractivity contribution >= 4 is 41.7 Å². The quantitative estimate of drug-likeness (QED) is 0.552. The highest BCUT2D eigenvalue weighted by atomic mass is 79.9. The first kappa shape index (κ1) is 18.1. The van der Waals surface area contributed by atoms with E-state index in [4.69, 9.17) is 4.42 Å². The monoisotopic (exact) mass is 489 g/mol. The van der Waals surface area contributed by atoms with Crippen molar-refractivity contribution in [3.63, 3.8) is 0 Å². The van der Waals surface area contributed by atoms with Crippen molar-refractivity contribution < 1.29 is 17.2 Å². The van der Waals surface area contributed by atoms with Crippen LogP contribution in [0.3, 0.4) is 0 Å². The van der Waals surface area contributed by atoms with Gasteiger partial charge in [-0.25, -0.2) is 22.2 Å². The van der Waals surface area contributed by atoms with Crippen LogP contribution in [0.5, 0.6) is 0 Å². The lowest BCUT2D eigenvalue weighted by atomic mass is 10.1. The molecule has 0 aliphatic rings. The Balaban J connectivity index is 2.19. The van der Waals surface area contributed by atoms with Gasteiger partial charge in [0.2, 0.25) is 0 Å². The van der Waals surface area contributed by atoms with E-state index in [9.17, 15) is 17.6 Å². The van der Waals surface area contributed by atoms with Gasteiger partial charge >= 0.3 is 5.76 Å². The molecule has 0 unspecified atom stereocenters. The predicted octanol–water partition coefficient (Wildman–Crippen LogP) is 4.17. The van der Waals surface area contributed by atoms with Crippen molar-refractivity contribution in [3.8, 4) is 16.9 Å². The van der Waals surface area contributed by atoms with Gasteiger partial charge in [-0.05, 0) is 62.2 Å². The molecule has 130 valence electrons. The molecule has 0 radical (unpaired) electrons. The number of rotatable bonds is 3. The maximum atomic E-state index is 14.2. The van der Waals surface area contributed by atoms with Gasteiger partial charge in [-0.1, -0.05) is 6.07 Å². The van der Waals surface area contributed by atoms with E-state index < -0.39 is 26.3 Å². The molecule has 1 aromatic heterocycles. The standard InChI is InChI=1S/C16H10Br2FNO4S/c1-25(22,23)15-5-2-9(6-13(15)19)14-8-24-16(21)20(14)10-3-4-11(17)12(18)7-10/h2-8H,1H3. The maximum Gasteiger partial charge on any atom is 0.424 e. The minimum Gasteiger partial charge on any atom is -0.415 e. The molecule has 2 aromatic carbocycles. The van der Waals surface area contributed by atoms with Gasteiger partial charge in [-0.15, -0.1) is 0 Å². The van der Waals surface area contributed by atoms with Crippen molar-refractivity contribution in [2.24, 2.45) is 0 Å². The van der Waals surface area contributed by atoms with Gasteiger partial charge in [0.15, 0.2) is 9.84 Å². The Hall–Kier alpha value is -1.71. The molecular formula is C16H10Br2FNO4S. The summed E-state index contributed by atoms with van der Waals surface area (Å²) in [6.07, 6.45) is 2.13. The van der Waals surface area contributed by atoms with Crippen molar-refractivity contribution in [2.75, 3.05) is 6.26 Å². The molecule has 0 aliphatic carbocycles. The molecule has 0 spiro atoms. The van der Waals surface area contributed by atoms with Crippen LogP contribution < -0.4 is 5.76 Å². The molecule has 1 heterocycles. The molecule has 25 heavy (non-hydrogen) atoms. The first-order valence-electron chi connectivity index (χ1n) is 6.84. The van der Waals surface area contributed by atoms with Gasteiger partial charge in [0.05, 0.1) is 11.4 Å². The normalized spacial score (nSPS) is 11.7. The largest absolute Gasteiger partial charge is 0.424 e. The summed E-state index contributed by atoms with van der Waals surface area (Å²) in [6.45, 7) is 0. The van der Waals surface area contributed by atoms with Crippen LogP contribution in [0.1, 0.15) is 0 Å².